The highest BCUT2D eigenvalue weighted by molar-refractivity contribution is 7.14. The number of aromatic nitrogens is 1. The Morgan fingerprint density at radius 3 is 2.75 bits per heavy atom. The minimum absolute atomic E-state index is 0.298. The van der Waals surface area contributed by atoms with Gasteiger partial charge in [0.25, 0.3) is 0 Å². The summed E-state index contributed by atoms with van der Waals surface area (Å²) in [5, 5.41) is 0. The number of nitrogens with zero attached hydrogens (tertiary/aromatic N) is 1. The van der Waals surface area contributed by atoms with Crippen molar-refractivity contribution >= 4 is 27.0 Å². The molecule has 4 heteroatoms. The molecule has 0 bridgehead atoms. The van der Waals surface area contributed by atoms with Gasteiger partial charge in [-0.05, 0) is 45.0 Å². The Morgan fingerprint density at radius 2 is 2.05 bits per heavy atom. The van der Waals surface area contributed by atoms with E-state index in [2.05, 4.69) is 27.6 Å². The molecule has 0 radical (unpaired) electrons. The van der Waals surface area contributed by atoms with Gasteiger partial charge in [0.05, 0.1) is 7.11 Å². The molecule has 0 spiro atoms. The molecule has 1 heterocycles. The second-order valence-electron chi connectivity index (χ2n) is 4.83. The van der Waals surface area contributed by atoms with E-state index in [9.17, 15) is 4.79 Å². The lowest BCUT2D eigenvalue weighted by Gasteiger charge is -2.03. The van der Waals surface area contributed by atoms with Crippen molar-refractivity contribution in [3.05, 3.63) is 58.9 Å². The number of hydrogen-bond acceptors (Lipinski definition) is 2. The van der Waals surface area contributed by atoms with Crippen molar-refractivity contribution in [2.24, 2.45) is 0 Å². The summed E-state index contributed by atoms with van der Waals surface area (Å²) in [6, 6.07) is 12.2. The van der Waals surface area contributed by atoms with E-state index in [-0.39, 0.29) is 5.97 Å². The van der Waals surface area contributed by atoms with Crippen molar-refractivity contribution in [1.29, 1.82) is 0 Å². The molecule has 0 N–H and O–H groups in total. The van der Waals surface area contributed by atoms with Gasteiger partial charge in [0, 0.05) is 5.69 Å². The lowest BCUT2D eigenvalue weighted by molar-refractivity contribution is 0.0593. The molecule has 20 heavy (non-hydrogen) atoms. The predicted molar refractivity (Wildman–Crippen MR) is 83.5 cm³/mol. The number of methoxy groups -OCH3 is 1. The Balaban J connectivity index is 2.02. The molecule has 1 atom stereocenters. The van der Waals surface area contributed by atoms with E-state index < -0.39 is 0 Å². The maximum absolute atomic E-state index is 11.7. The van der Waals surface area contributed by atoms with Gasteiger partial charge in [-0.25, -0.2) is 4.79 Å². The Morgan fingerprint density at radius 1 is 1.30 bits per heavy atom. The highest BCUT2D eigenvalue weighted by atomic mass is 31.0. The van der Waals surface area contributed by atoms with Crippen molar-refractivity contribution < 1.29 is 9.53 Å². The second-order valence-corrected chi connectivity index (χ2v) is 5.35. The number of carbonyl (C=O) groups is 1. The molecular formula is C16H16NO2P. The van der Waals surface area contributed by atoms with Crippen molar-refractivity contribution in [2.45, 2.75) is 12.8 Å². The van der Waals surface area contributed by atoms with Crippen molar-refractivity contribution in [3.8, 4) is 0 Å². The van der Waals surface area contributed by atoms with Gasteiger partial charge in [-0.3, -0.25) is 0 Å². The number of ether oxygens (including phenoxy) is 1. The summed E-state index contributed by atoms with van der Waals surface area (Å²) in [6.45, 7) is 0. The standard InChI is InChI=1S/C16H16NO2P/c1-19-16(18)15-10-13-12(7-8-14(13)17(15)20)9-11-5-3-2-4-6-11/h2-6,9-10H,7-8,20H2,1H3/b12-9+. The minimum Gasteiger partial charge on any atom is -0.464 e. The molecule has 3 nitrogen and oxygen atoms in total. The molecule has 102 valence electrons. The first-order valence-electron chi connectivity index (χ1n) is 6.54. The Labute approximate surface area is 120 Å². The third-order valence-electron chi connectivity index (χ3n) is 3.65. The third kappa shape index (κ3) is 2.19. The van der Waals surface area contributed by atoms with Crippen LogP contribution in [-0.2, 0) is 11.2 Å². The molecule has 0 amide bonds. The van der Waals surface area contributed by atoms with Crippen LogP contribution in [0.15, 0.2) is 36.4 Å². The largest absolute Gasteiger partial charge is 0.464 e. The summed E-state index contributed by atoms with van der Waals surface area (Å²) in [7, 11) is 4.01. The van der Waals surface area contributed by atoms with Crippen LogP contribution in [-0.4, -0.2) is 17.4 Å². The number of fused-ring (bicyclic) bond motifs is 1. The molecule has 0 aliphatic heterocycles. The fourth-order valence-electron chi connectivity index (χ4n) is 2.65. The maximum Gasteiger partial charge on any atom is 0.354 e. The maximum atomic E-state index is 11.7. The Bertz CT molecular complexity index is 686. The highest BCUT2D eigenvalue weighted by Gasteiger charge is 2.24. The van der Waals surface area contributed by atoms with Gasteiger partial charge in [-0.15, -0.1) is 0 Å². The van der Waals surface area contributed by atoms with Gasteiger partial charge in [-0.1, -0.05) is 36.4 Å². The number of rotatable bonds is 2. The van der Waals surface area contributed by atoms with Crippen LogP contribution >= 0.6 is 9.39 Å². The van der Waals surface area contributed by atoms with E-state index in [0.29, 0.717) is 5.69 Å². The zero-order valence-electron chi connectivity index (χ0n) is 11.3. The lowest BCUT2D eigenvalue weighted by Crippen LogP contribution is -2.05. The van der Waals surface area contributed by atoms with Crippen LogP contribution in [0.1, 0.15) is 33.7 Å². The molecule has 0 saturated carbocycles. The number of esters is 1. The van der Waals surface area contributed by atoms with E-state index in [4.69, 9.17) is 4.74 Å². The normalized spacial score (nSPS) is 15.4. The van der Waals surface area contributed by atoms with Crippen LogP contribution in [0.25, 0.3) is 11.6 Å². The Kier molecular flexibility index (Phi) is 3.45. The van der Waals surface area contributed by atoms with Gasteiger partial charge in [0.15, 0.2) is 0 Å². The first-order valence-corrected chi connectivity index (χ1v) is 7.06. The minimum atomic E-state index is -0.298. The molecule has 3 rings (SSSR count). The summed E-state index contributed by atoms with van der Waals surface area (Å²) in [4.78, 5) is 11.7. The molecule has 1 aliphatic rings. The van der Waals surface area contributed by atoms with Gasteiger partial charge in [-0.2, -0.15) is 0 Å². The molecule has 2 aromatic rings. The summed E-state index contributed by atoms with van der Waals surface area (Å²) in [6.07, 6.45) is 4.15. The average molecular weight is 285 g/mol. The average Bonchev–Trinajstić information content (AvgIpc) is 3.01. The molecular weight excluding hydrogens is 269 g/mol. The van der Waals surface area contributed by atoms with E-state index in [1.54, 1.807) is 0 Å². The zero-order chi connectivity index (χ0) is 14.1. The van der Waals surface area contributed by atoms with Crippen LogP contribution in [0.4, 0.5) is 0 Å². The van der Waals surface area contributed by atoms with E-state index in [1.165, 1.54) is 23.9 Å². The van der Waals surface area contributed by atoms with E-state index >= 15 is 0 Å². The number of allylic oxidation sites excluding steroid dienone is 1. The first kappa shape index (κ1) is 13.1. The van der Waals surface area contributed by atoms with Crippen LogP contribution in [0.3, 0.4) is 0 Å². The first-order chi connectivity index (χ1) is 9.70. The van der Waals surface area contributed by atoms with Crippen molar-refractivity contribution in [3.63, 3.8) is 0 Å². The summed E-state index contributed by atoms with van der Waals surface area (Å²) in [5.74, 6) is -0.298. The number of benzene rings is 1. The third-order valence-corrected chi connectivity index (χ3v) is 4.24. The van der Waals surface area contributed by atoms with Crippen molar-refractivity contribution in [2.75, 3.05) is 7.11 Å². The van der Waals surface area contributed by atoms with Crippen molar-refractivity contribution in [1.82, 2.24) is 4.34 Å². The fourth-order valence-corrected chi connectivity index (χ4v) is 3.10. The number of carbonyl (C=O) groups excluding carboxylic acids is 1. The van der Waals surface area contributed by atoms with Gasteiger partial charge < -0.3 is 9.07 Å². The monoisotopic (exact) mass is 285 g/mol. The van der Waals surface area contributed by atoms with Gasteiger partial charge in [0.2, 0.25) is 0 Å². The number of hydrogen-bond donors (Lipinski definition) is 0. The smallest absolute Gasteiger partial charge is 0.354 e. The molecule has 1 aliphatic carbocycles. The van der Waals surface area contributed by atoms with Crippen LogP contribution in [0.5, 0.6) is 0 Å². The van der Waals surface area contributed by atoms with E-state index in [0.717, 1.165) is 18.4 Å². The van der Waals surface area contributed by atoms with Crippen LogP contribution in [0.2, 0.25) is 0 Å². The Hall–Kier alpha value is -1.86. The SMILES string of the molecule is COC(=O)c1cc2c(n1P)CC/C2=C\c1ccccc1. The molecule has 1 aromatic carbocycles. The predicted octanol–water partition coefficient (Wildman–Crippen LogP) is 3.40. The van der Waals surface area contributed by atoms with E-state index in [1.807, 2.05) is 28.6 Å². The van der Waals surface area contributed by atoms with Crippen LogP contribution < -0.4 is 0 Å². The molecule has 0 fully saturated rings. The second kappa shape index (κ2) is 5.26. The summed E-state index contributed by atoms with van der Waals surface area (Å²) in [5.41, 5.74) is 5.38. The topological polar surface area (TPSA) is 31.2 Å². The summed E-state index contributed by atoms with van der Waals surface area (Å²) >= 11 is 0. The van der Waals surface area contributed by atoms with Gasteiger partial charge in [0.1, 0.15) is 5.69 Å². The van der Waals surface area contributed by atoms with Gasteiger partial charge >= 0.3 is 5.97 Å². The quantitative estimate of drug-likeness (QED) is 0.625. The zero-order valence-corrected chi connectivity index (χ0v) is 12.5. The van der Waals surface area contributed by atoms with Crippen LogP contribution in [0, 0.1) is 0 Å². The summed E-state index contributed by atoms with van der Waals surface area (Å²) < 4.78 is 6.68. The lowest BCUT2D eigenvalue weighted by atomic mass is 10.1. The molecule has 1 unspecified atom stereocenters. The molecule has 0 saturated heterocycles. The highest BCUT2D eigenvalue weighted by Crippen LogP contribution is 2.37. The fraction of sp³-hybridized carbons (Fsp3) is 0.188. The molecule has 1 aromatic heterocycles.